The molecule has 0 spiro atoms. The molecule has 138 valence electrons. The summed E-state index contributed by atoms with van der Waals surface area (Å²) in [6, 6.07) is 9.34. The highest BCUT2D eigenvalue weighted by Gasteiger charge is 2.29. The fourth-order valence-electron chi connectivity index (χ4n) is 3.13. The summed E-state index contributed by atoms with van der Waals surface area (Å²) >= 11 is 0. The predicted molar refractivity (Wildman–Crippen MR) is 96.0 cm³/mol. The minimum Gasteiger partial charge on any atom is -0.497 e. The fourth-order valence-corrected chi connectivity index (χ4v) is 3.13. The van der Waals surface area contributed by atoms with Crippen LogP contribution in [0.2, 0.25) is 0 Å². The van der Waals surface area contributed by atoms with Gasteiger partial charge in [0.1, 0.15) is 11.4 Å². The van der Waals surface area contributed by atoms with Crippen LogP contribution in [0.1, 0.15) is 34.9 Å². The van der Waals surface area contributed by atoms with Crippen molar-refractivity contribution in [2.45, 2.75) is 18.9 Å². The Morgan fingerprint density at radius 3 is 2.92 bits per heavy atom. The van der Waals surface area contributed by atoms with Crippen LogP contribution in [0, 0.1) is 0 Å². The number of carbonyl (C=O) groups is 2. The largest absolute Gasteiger partial charge is 0.497 e. The molecule has 2 aromatic rings. The van der Waals surface area contributed by atoms with Crippen molar-refractivity contribution in [1.29, 1.82) is 0 Å². The Kier molecular flexibility index (Phi) is 5.73. The van der Waals surface area contributed by atoms with Crippen molar-refractivity contribution >= 4 is 11.9 Å². The molecule has 1 fully saturated rings. The molecule has 1 aromatic heterocycles. The maximum atomic E-state index is 12.5. The molecule has 0 bridgehead atoms. The molecule has 1 atom stereocenters. The smallest absolute Gasteiger partial charge is 0.317 e. The third kappa shape index (κ3) is 4.14. The summed E-state index contributed by atoms with van der Waals surface area (Å²) in [5.41, 5.74) is 1.47. The number of ether oxygens (including phenoxy) is 1. The Balaban J connectivity index is 1.49. The lowest BCUT2D eigenvalue weighted by Gasteiger charge is -2.25. The van der Waals surface area contributed by atoms with Crippen LogP contribution >= 0.6 is 0 Å². The second kappa shape index (κ2) is 8.37. The summed E-state index contributed by atoms with van der Waals surface area (Å²) < 4.78 is 5.28. The van der Waals surface area contributed by atoms with E-state index in [4.69, 9.17) is 4.74 Å². The van der Waals surface area contributed by atoms with E-state index in [-0.39, 0.29) is 18.0 Å². The molecule has 3 N–H and O–H groups in total. The van der Waals surface area contributed by atoms with Crippen molar-refractivity contribution in [2.24, 2.45) is 0 Å². The number of aromatic nitrogens is 2. The van der Waals surface area contributed by atoms with Crippen molar-refractivity contribution in [2.75, 3.05) is 26.7 Å². The van der Waals surface area contributed by atoms with Crippen LogP contribution in [0.15, 0.2) is 36.5 Å². The Bertz CT molecular complexity index is 747. The number of aromatic amines is 1. The van der Waals surface area contributed by atoms with Crippen molar-refractivity contribution in [3.63, 3.8) is 0 Å². The zero-order valence-corrected chi connectivity index (χ0v) is 14.7. The van der Waals surface area contributed by atoms with Crippen molar-refractivity contribution in [1.82, 2.24) is 25.7 Å². The Hall–Kier alpha value is -3.03. The van der Waals surface area contributed by atoms with Crippen LogP contribution in [0.3, 0.4) is 0 Å². The highest BCUT2D eigenvalue weighted by Crippen LogP contribution is 2.33. The number of nitrogens with zero attached hydrogens (tertiary/aromatic N) is 2. The summed E-state index contributed by atoms with van der Waals surface area (Å²) in [6.45, 7) is 1.43. The first-order chi connectivity index (χ1) is 12.7. The zero-order valence-electron chi connectivity index (χ0n) is 14.7. The van der Waals surface area contributed by atoms with Gasteiger partial charge >= 0.3 is 6.03 Å². The van der Waals surface area contributed by atoms with E-state index in [1.165, 1.54) is 6.20 Å². The minimum atomic E-state index is -0.243. The van der Waals surface area contributed by atoms with E-state index in [0.29, 0.717) is 25.3 Å². The van der Waals surface area contributed by atoms with Crippen molar-refractivity contribution in [3.05, 3.63) is 47.8 Å². The summed E-state index contributed by atoms with van der Waals surface area (Å²) in [4.78, 5) is 26.1. The molecule has 3 rings (SSSR count). The topological polar surface area (TPSA) is 99.3 Å². The van der Waals surface area contributed by atoms with Gasteiger partial charge in [-0.2, -0.15) is 5.10 Å². The summed E-state index contributed by atoms with van der Waals surface area (Å²) in [7, 11) is 1.63. The highest BCUT2D eigenvalue weighted by atomic mass is 16.5. The van der Waals surface area contributed by atoms with Gasteiger partial charge < -0.3 is 20.3 Å². The molecular formula is C18H23N5O3. The van der Waals surface area contributed by atoms with Crippen LogP contribution in [0.4, 0.5) is 4.79 Å². The second-order valence-electron chi connectivity index (χ2n) is 6.09. The van der Waals surface area contributed by atoms with Gasteiger partial charge in [-0.05, 0) is 36.6 Å². The number of rotatable bonds is 6. The molecule has 1 aromatic carbocycles. The van der Waals surface area contributed by atoms with E-state index in [9.17, 15) is 9.59 Å². The molecular weight excluding hydrogens is 334 g/mol. The Morgan fingerprint density at radius 2 is 2.15 bits per heavy atom. The Labute approximate surface area is 151 Å². The van der Waals surface area contributed by atoms with Gasteiger partial charge in [0.15, 0.2) is 0 Å². The maximum absolute atomic E-state index is 12.5. The standard InChI is InChI=1S/C18H23N5O3/c1-26-14-5-2-4-13(12-14)16-6-3-11-23(16)18(25)20-10-9-19-17(24)15-7-8-21-22-15/h2,4-5,7-8,12,16H,3,6,9-11H2,1H3,(H,19,24)(H,20,25)(H,21,22). The molecule has 26 heavy (non-hydrogen) atoms. The van der Waals surface area contributed by atoms with Gasteiger partial charge in [0.05, 0.1) is 13.2 Å². The normalized spacial score (nSPS) is 16.3. The van der Waals surface area contributed by atoms with Crippen LogP contribution in [0.5, 0.6) is 5.75 Å². The SMILES string of the molecule is COc1cccc(C2CCCN2C(=O)NCCNC(=O)c2ccn[nH]2)c1. The van der Waals surface area contributed by atoms with Gasteiger partial charge in [-0.25, -0.2) is 4.79 Å². The average Bonchev–Trinajstić information content (AvgIpc) is 3.36. The number of hydrogen-bond acceptors (Lipinski definition) is 4. The highest BCUT2D eigenvalue weighted by molar-refractivity contribution is 5.92. The predicted octanol–water partition coefficient (Wildman–Crippen LogP) is 1.69. The number of urea groups is 1. The number of benzene rings is 1. The van der Waals surface area contributed by atoms with E-state index >= 15 is 0 Å². The number of hydrogen-bond donors (Lipinski definition) is 3. The molecule has 8 heteroatoms. The first kappa shape index (κ1) is 17.8. The minimum absolute atomic E-state index is 0.0460. The molecule has 0 radical (unpaired) electrons. The van der Waals surface area contributed by atoms with Crippen LogP contribution < -0.4 is 15.4 Å². The van der Waals surface area contributed by atoms with E-state index in [1.807, 2.05) is 29.2 Å². The quantitative estimate of drug-likeness (QED) is 0.685. The van der Waals surface area contributed by atoms with Crippen molar-refractivity contribution in [3.8, 4) is 5.75 Å². The first-order valence-corrected chi connectivity index (χ1v) is 8.65. The van der Waals surface area contributed by atoms with E-state index < -0.39 is 0 Å². The van der Waals surface area contributed by atoms with Gasteiger partial charge in [0.25, 0.3) is 5.91 Å². The van der Waals surface area contributed by atoms with Gasteiger partial charge in [-0.1, -0.05) is 12.1 Å². The summed E-state index contributed by atoms with van der Waals surface area (Å²) in [6.07, 6.45) is 3.41. The average molecular weight is 357 g/mol. The maximum Gasteiger partial charge on any atom is 0.317 e. The number of H-pyrrole nitrogens is 1. The van der Waals surface area contributed by atoms with Gasteiger partial charge in [0.2, 0.25) is 0 Å². The molecule has 1 unspecified atom stereocenters. The summed E-state index contributed by atoms with van der Waals surface area (Å²) in [5.74, 6) is 0.545. The Morgan fingerprint density at radius 1 is 1.31 bits per heavy atom. The first-order valence-electron chi connectivity index (χ1n) is 8.65. The zero-order chi connectivity index (χ0) is 18.4. The number of likely N-dealkylation sites (tertiary alicyclic amines) is 1. The summed E-state index contributed by atoms with van der Waals surface area (Å²) in [5, 5.41) is 11.9. The molecule has 3 amide bonds. The monoisotopic (exact) mass is 357 g/mol. The third-order valence-electron chi connectivity index (χ3n) is 4.42. The number of methoxy groups -OCH3 is 1. The van der Waals surface area contributed by atoms with E-state index in [0.717, 1.165) is 24.2 Å². The molecule has 1 aliphatic rings. The molecule has 0 saturated carbocycles. The van der Waals surface area contributed by atoms with Gasteiger partial charge in [-0.3, -0.25) is 9.89 Å². The lowest BCUT2D eigenvalue weighted by molar-refractivity contribution is 0.0948. The number of amides is 3. The molecule has 1 saturated heterocycles. The number of carbonyl (C=O) groups excluding carboxylic acids is 2. The van der Waals surface area contributed by atoms with Crippen LogP contribution in [-0.2, 0) is 0 Å². The van der Waals surface area contributed by atoms with E-state index in [1.54, 1.807) is 13.2 Å². The molecule has 8 nitrogen and oxygen atoms in total. The lowest BCUT2D eigenvalue weighted by Crippen LogP contribution is -2.42. The molecule has 0 aliphatic carbocycles. The van der Waals surface area contributed by atoms with Crippen LogP contribution in [-0.4, -0.2) is 53.8 Å². The lowest BCUT2D eigenvalue weighted by atomic mass is 10.0. The fraction of sp³-hybridized carbons (Fsp3) is 0.389. The number of nitrogens with one attached hydrogen (secondary N) is 3. The molecule has 2 heterocycles. The van der Waals surface area contributed by atoms with E-state index in [2.05, 4.69) is 20.8 Å². The second-order valence-corrected chi connectivity index (χ2v) is 6.09. The van der Waals surface area contributed by atoms with Gasteiger partial charge in [-0.15, -0.1) is 0 Å². The molecule has 1 aliphatic heterocycles. The van der Waals surface area contributed by atoms with Crippen LogP contribution in [0.25, 0.3) is 0 Å². The van der Waals surface area contributed by atoms with Gasteiger partial charge in [0, 0.05) is 25.8 Å². The van der Waals surface area contributed by atoms with Crippen molar-refractivity contribution < 1.29 is 14.3 Å². The third-order valence-corrected chi connectivity index (χ3v) is 4.42.